The number of aryl methyl sites for hydroxylation is 3. The van der Waals surface area contributed by atoms with E-state index in [0.717, 1.165) is 57.5 Å². The Morgan fingerprint density at radius 1 is 1.05 bits per heavy atom. The molecule has 0 amide bonds. The van der Waals surface area contributed by atoms with Crippen LogP contribution >= 0.6 is 0 Å². The van der Waals surface area contributed by atoms with Crippen LogP contribution in [0.4, 0.5) is 8.78 Å². The molecule has 41 heavy (non-hydrogen) atoms. The van der Waals surface area contributed by atoms with Gasteiger partial charge in [0.25, 0.3) is 0 Å². The van der Waals surface area contributed by atoms with Gasteiger partial charge in [0.15, 0.2) is 0 Å². The van der Waals surface area contributed by atoms with Crippen LogP contribution in [0.25, 0.3) is 11.1 Å². The molecule has 3 atom stereocenters. The highest BCUT2D eigenvalue weighted by atomic mass is 19.1. The van der Waals surface area contributed by atoms with Crippen molar-refractivity contribution in [1.29, 1.82) is 0 Å². The molecular weight excluding hydrogens is 526 g/mol. The Kier molecular flexibility index (Phi) is 7.26. The van der Waals surface area contributed by atoms with Crippen LogP contribution in [0, 0.1) is 31.5 Å². The van der Waals surface area contributed by atoms with E-state index < -0.39 is 11.6 Å². The lowest BCUT2D eigenvalue weighted by atomic mass is 9.94. The molecule has 1 saturated carbocycles. The fraction of sp³-hybridized carbons (Fsp3) is 0.441. The quantitative estimate of drug-likeness (QED) is 0.301. The van der Waals surface area contributed by atoms with E-state index in [1.54, 1.807) is 6.07 Å². The number of rotatable bonds is 9. The molecule has 1 heterocycles. The molecule has 7 heteroatoms. The van der Waals surface area contributed by atoms with E-state index in [1.165, 1.54) is 6.07 Å². The van der Waals surface area contributed by atoms with Crippen molar-refractivity contribution in [2.45, 2.75) is 64.6 Å². The van der Waals surface area contributed by atoms with E-state index in [1.807, 2.05) is 45.0 Å². The average Bonchev–Trinajstić information content (AvgIpc) is 3.55. The predicted molar refractivity (Wildman–Crippen MR) is 152 cm³/mol. The fourth-order valence-corrected chi connectivity index (χ4v) is 6.78. The molecular formula is C34H36F2O5. The summed E-state index contributed by atoms with van der Waals surface area (Å²) in [7, 11) is 0. The van der Waals surface area contributed by atoms with Gasteiger partial charge >= 0.3 is 5.97 Å². The minimum absolute atomic E-state index is 0.00346. The van der Waals surface area contributed by atoms with Gasteiger partial charge in [0, 0.05) is 37.5 Å². The van der Waals surface area contributed by atoms with Gasteiger partial charge in [-0.15, -0.1) is 0 Å². The number of carbonyl (C=O) groups is 1. The summed E-state index contributed by atoms with van der Waals surface area (Å²) in [6.07, 6.45) is 2.16. The molecule has 3 aromatic carbocycles. The van der Waals surface area contributed by atoms with Crippen LogP contribution in [-0.4, -0.2) is 36.6 Å². The molecule has 0 radical (unpaired) electrons. The SMILES string of the molecule is CCc1cc2c(cc1OCc1cc(-c3c(C)cc(OCC4(F)CCOCC4)cc3C)ccc1F)CC1C(C(=O)O)C21. The summed E-state index contributed by atoms with van der Waals surface area (Å²) in [4.78, 5) is 11.5. The lowest BCUT2D eigenvalue weighted by Gasteiger charge is -2.29. The van der Waals surface area contributed by atoms with Gasteiger partial charge < -0.3 is 19.3 Å². The largest absolute Gasteiger partial charge is 0.490 e. The van der Waals surface area contributed by atoms with Crippen LogP contribution in [-0.2, 0) is 29.0 Å². The molecule has 1 saturated heterocycles. The van der Waals surface area contributed by atoms with Gasteiger partial charge in [0.05, 0.1) is 5.92 Å². The second kappa shape index (κ2) is 10.8. The number of aliphatic carboxylic acids is 1. The van der Waals surface area contributed by atoms with Gasteiger partial charge in [-0.25, -0.2) is 8.78 Å². The summed E-state index contributed by atoms with van der Waals surface area (Å²) in [5.74, 6) is 0.325. The number of carboxylic acid groups (broad SMARTS) is 1. The Morgan fingerprint density at radius 2 is 1.78 bits per heavy atom. The van der Waals surface area contributed by atoms with Gasteiger partial charge in [-0.1, -0.05) is 19.1 Å². The Morgan fingerprint density at radius 3 is 2.46 bits per heavy atom. The summed E-state index contributed by atoms with van der Waals surface area (Å²) in [5, 5.41) is 9.45. The summed E-state index contributed by atoms with van der Waals surface area (Å²) in [5.41, 5.74) is 6.15. The standard InChI is InChI=1S/C34H36F2O5/c1-4-21-14-26-23(15-27-31(26)32(27)33(37)38)16-29(21)40-17-24-13-22(5-6-28(24)35)30-19(2)11-25(12-20(30)3)41-18-34(36)7-9-39-10-8-34/h5-6,11-14,16,27,31-32H,4,7-10,15,17-18H2,1-3H3,(H,37,38). The van der Waals surface area contributed by atoms with Crippen LogP contribution in [0.5, 0.6) is 11.5 Å². The molecule has 6 rings (SSSR count). The van der Waals surface area contributed by atoms with Crippen LogP contribution < -0.4 is 9.47 Å². The number of halogens is 2. The van der Waals surface area contributed by atoms with E-state index in [-0.39, 0.29) is 36.8 Å². The molecule has 2 aliphatic carbocycles. The van der Waals surface area contributed by atoms with Crippen molar-refractivity contribution in [3.05, 3.63) is 81.7 Å². The third kappa shape index (κ3) is 5.32. The first kappa shape index (κ1) is 27.7. The zero-order valence-corrected chi connectivity index (χ0v) is 23.8. The smallest absolute Gasteiger partial charge is 0.307 e. The van der Waals surface area contributed by atoms with Crippen molar-refractivity contribution in [2.75, 3.05) is 19.8 Å². The fourth-order valence-electron chi connectivity index (χ4n) is 6.78. The molecule has 1 aliphatic heterocycles. The average molecular weight is 563 g/mol. The maximum Gasteiger partial charge on any atom is 0.307 e. The van der Waals surface area contributed by atoms with Crippen molar-refractivity contribution >= 4 is 5.97 Å². The zero-order chi connectivity index (χ0) is 28.9. The Labute approximate surface area is 239 Å². The summed E-state index contributed by atoms with van der Waals surface area (Å²) in [6.45, 7) is 6.90. The van der Waals surface area contributed by atoms with E-state index in [2.05, 4.69) is 6.07 Å². The molecule has 5 nitrogen and oxygen atoms in total. The van der Waals surface area contributed by atoms with Crippen molar-refractivity contribution in [1.82, 2.24) is 0 Å². The minimum Gasteiger partial charge on any atom is -0.490 e. The number of ether oxygens (including phenoxy) is 3. The number of carboxylic acids is 1. The molecule has 3 unspecified atom stereocenters. The molecule has 2 fully saturated rings. The first-order valence-electron chi connectivity index (χ1n) is 14.5. The Bertz CT molecular complexity index is 1470. The van der Waals surface area contributed by atoms with Crippen LogP contribution in [0.15, 0.2) is 42.5 Å². The Hall–Kier alpha value is -3.45. The lowest BCUT2D eigenvalue weighted by molar-refractivity contribution is -0.139. The van der Waals surface area contributed by atoms with Crippen LogP contribution in [0.1, 0.15) is 59.1 Å². The van der Waals surface area contributed by atoms with Crippen molar-refractivity contribution in [2.24, 2.45) is 11.8 Å². The third-order valence-corrected chi connectivity index (χ3v) is 9.08. The summed E-state index contributed by atoms with van der Waals surface area (Å²) < 4.78 is 47.3. The molecule has 0 bridgehead atoms. The monoisotopic (exact) mass is 562 g/mol. The predicted octanol–water partition coefficient (Wildman–Crippen LogP) is 7.12. The van der Waals surface area contributed by atoms with Gasteiger partial charge in [-0.3, -0.25) is 4.79 Å². The second-order valence-corrected chi connectivity index (χ2v) is 11.8. The highest BCUT2D eigenvalue weighted by Crippen LogP contribution is 2.62. The number of benzene rings is 3. The normalized spacial score (nSPS) is 22.1. The highest BCUT2D eigenvalue weighted by Gasteiger charge is 2.59. The molecule has 216 valence electrons. The number of hydrogen-bond donors (Lipinski definition) is 1. The van der Waals surface area contributed by atoms with E-state index >= 15 is 0 Å². The molecule has 3 aliphatic rings. The maximum absolute atomic E-state index is 15.0. The maximum atomic E-state index is 15.0. The van der Waals surface area contributed by atoms with E-state index in [4.69, 9.17) is 14.2 Å². The van der Waals surface area contributed by atoms with Gasteiger partial charge in [-0.05, 0) is 102 Å². The molecule has 0 aromatic heterocycles. The van der Waals surface area contributed by atoms with Crippen LogP contribution in [0.2, 0.25) is 0 Å². The van der Waals surface area contributed by atoms with Gasteiger partial charge in [0.1, 0.15) is 36.2 Å². The first-order valence-corrected chi connectivity index (χ1v) is 14.5. The highest BCUT2D eigenvalue weighted by molar-refractivity contribution is 5.78. The van der Waals surface area contributed by atoms with Crippen LogP contribution in [0.3, 0.4) is 0 Å². The third-order valence-electron chi connectivity index (χ3n) is 9.08. The van der Waals surface area contributed by atoms with Crippen molar-refractivity contribution < 1.29 is 32.9 Å². The van der Waals surface area contributed by atoms with Gasteiger partial charge in [-0.2, -0.15) is 0 Å². The van der Waals surface area contributed by atoms with E-state index in [0.29, 0.717) is 37.4 Å². The lowest BCUT2D eigenvalue weighted by Crippen LogP contribution is -2.37. The number of hydrogen-bond acceptors (Lipinski definition) is 4. The number of fused-ring (bicyclic) bond motifs is 3. The molecule has 0 spiro atoms. The Balaban J connectivity index is 1.18. The number of alkyl halides is 1. The van der Waals surface area contributed by atoms with E-state index in [9.17, 15) is 18.7 Å². The summed E-state index contributed by atoms with van der Waals surface area (Å²) in [6, 6.07) is 13.0. The minimum atomic E-state index is -1.37. The van der Waals surface area contributed by atoms with Crippen molar-refractivity contribution in [3.63, 3.8) is 0 Å². The second-order valence-electron chi connectivity index (χ2n) is 11.8. The summed E-state index contributed by atoms with van der Waals surface area (Å²) >= 11 is 0. The topological polar surface area (TPSA) is 65.0 Å². The zero-order valence-electron chi connectivity index (χ0n) is 23.8. The molecule has 1 N–H and O–H groups in total. The first-order chi connectivity index (χ1) is 19.7. The van der Waals surface area contributed by atoms with Gasteiger partial charge in [0.2, 0.25) is 0 Å². The molecule has 3 aromatic rings. The van der Waals surface area contributed by atoms with Crippen molar-refractivity contribution in [3.8, 4) is 22.6 Å².